The van der Waals surface area contributed by atoms with Gasteiger partial charge in [-0.3, -0.25) is 4.79 Å². The number of carbonyl (C=O) groups excluding carboxylic acids is 2. The molecule has 1 aliphatic heterocycles. The van der Waals surface area contributed by atoms with Gasteiger partial charge in [0.2, 0.25) is 0 Å². The molecule has 0 atom stereocenters. The molecule has 0 fully saturated rings. The summed E-state index contributed by atoms with van der Waals surface area (Å²) in [4.78, 5) is 26.3. The molecule has 0 N–H and O–H groups in total. The van der Waals surface area contributed by atoms with E-state index < -0.39 is 11.8 Å². The number of likely N-dealkylation sites (N-methyl/N-ethyl adjacent to an activating group) is 1. The van der Waals surface area contributed by atoms with Crippen LogP contribution in [0.15, 0.2) is 60.3 Å². The van der Waals surface area contributed by atoms with Gasteiger partial charge in [-0.25, -0.2) is 9.18 Å². The monoisotopic (exact) mass is 353 g/mol. The van der Waals surface area contributed by atoms with E-state index in [9.17, 15) is 14.0 Å². The SMILES string of the molecule is CN1/C(=C/C(=O)COC(=O)c2ccc(F)cc2)C(C)(C)c2ccccc21. The Labute approximate surface area is 151 Å². The van der Waals surface area contributed by atoms with Gasteiger partial charge in [0.1, 0.15) is 5.82 Å². The number of hydrogen-bond acceptors (Lipinski definition) is 4. The molecule has 1 aliphatic rings. The van der Waals surface area contributed by atoms with Crippen LogP contribution in [-0.4, -0.2) is 25.4 Å². The third-order valence-electron chi connectivity index (χ3n) is 4.66. The lowest BCUT2D eigenvalue weighted by Gasteiger charge is -2.23. The predicted molar refractivity (Wildman–Crippen MR) is 97.6 cm³/mol. The minimum atomic E-state index is -0.654. The van der Waals surface area contributed by atoms with E-state index in [-0.39, 0.29) is 23.4 Å². The summed E-state index contributed by atoms with van der Waals surface area (Å²) in [6.45, 7) is 3.75. The van der Waals surface area contributed by atoms with Crippen molar-refractivity contribution in [2.24, 2.45) is 0 Å². The second kappa shape index (κ2) is 6.75. The number of rotatable bonds is 4. The van der Waals surface area contributed by atoms with Gasteiger partial charge < -0.3 is 9.64 Å². The Morgan fingerprint density at radius 2 is 1.77 bits per heavy atom. The van der Waals surface area contributed by atoms with Crippen molar-refractivity contribution in [3.05, 3.63) is 77.2 Å². The summed E-state index contributed by atoms with van der Waals surface area (Å²) in [5.74, 6) is -1.39. The standard InChI is InChI=1S/C21H20FNO3/c1-21(2)17-6-4-5-7-18(17)23(3)19(21)12-16(24)13-26-20(25)14-8-10-15(22)11-9-14/h4-12H,13H2,1-3H3/b19-12+. The van der Waals surface area contributed by atoms with E-state index in [0.29, 0.717) is 0 Å². The second-order valence-electron chi connectivity index (χ2n) is 6.78. The van der Waals surface area contributed by atoms with Crippen molar-refractivity contribution in [3.63, 3.8) is 0 Å². The first-order valence-corrected chi connectivity index (χ1v) is 8.31. The molecule has 0 aromatic heterocycles. The van der Waals surface area contributed by atoms with Crippen LogP contribution < -0.4 is 4.90 Å². The topological polar surface area (TPSA) is 46.6 Å². The zero-order chi connectivity index (χ0) is 18.9. The van der Waals surface area contributed by atoms with Gasteiger partial charge in [-0.05, 0) is 35.9 Å². The van der Waals surface area contributed by atoms with Crippen LogP contribution in [0.4, 0.5) is 10.1 Å². The third-order valence-corrected chi connectivity index (χ3v) is 4.66. The summed E-state index contributed by atoms with van der Waals surface area (Å²) < 4.78 is 17.9. The van der Waals surface area contributed by atoms with E-state index >= 15 is 0 Å². The lowest BCUT2D eigenvalue weighted by Crippen LogP contribution is -2.25. The molecule has 0 saturated carbocycles. The number of hydrogen-bond donors (Lipinski definition) is 0. The molecule has 26 heavy (non-hydrogen) atoms. The van der Waals surface area contributed by atoms with Gasteiger partial charge in [0.05, 0.1) is 5.56 Å². The highest BCUT2D eigenvalue weighted by atomic mass is 19.1. The van der Waals surface area contributed by atoms with E-state index in [0.717, 1.165) is 16.9 Å². The van der Waals surface area contributed by atoms with Crippen molar-refractivity contribution in [2.45, 2.75) is 19.3 Å². The van der Waals surface area contributed by atoms with Crippen molar-refractivity contribution >= 4 is 17.4 Å². The number of benzene rings is 2. The summed E-state index contributed by atoms with van der Waals surface area (Å²) >= 11 is 0. The minimum Gasteiger partial charge on any atom is -0.454 e. The highest BCUT2D eigenvalue weighted by Crippen LogP contribution is 2.46. The highest BCUT2D eigenvalue weighted by molar-refractivity contribution is 5.96. The Kier molecular flexibility index (Phi) is 4.64. The van der Waals surface area contributed by atoms with Gasteiger partial charge in [-0.15, -0.1) is 0 Å². The van der Waals surface area contributed by atoms with Gasteiger partial charge in [0.25, 0.3) is 0 Å². The first kappa shape index (κ1) is 17.9. The highest BCUT2D eigenvalue weighted by Gasteiger charge is 2.38. The van der Waals surface area contributed by atoms with Crippen LogP contribution in [0, 0.1) is 5.82 Å². The summed E-state index contributed by atoms with van der Waals surface area (Å²) in [6, 6.07) is 13.0. The molecule has 2 aromatic rings. The summed E-state index contributed by atoms with van der Waals surface area (Å²) in [5, 5.41) is 0. The predicted octanol–water partition coefficient (Wildman–Crippen LogP) is 3.86. The normalized spacial score (nSPS) is 16.5. The molecule has 5 heteroatoms. The molecule has 0 radical (unpaired) electrons. The van der Waals surface area contributed by atoms with Crippen molar-refractivity contribution in [1.29, 1.82) is 0 Å². The molecule has 0 unspecified atom stereocenters. The molecule has 0 bridgehead atoms. The number of ether oxygens (including phenoxy) is 1. The van der Waals surface area contributed by atoms with Crippen molar-refractivity contribution in [1.82, 2.24) is 0 Å². The van der Waals surface area contributed by atoms with E-state index in [1.807, 2.05) is 36.2 Å². The molecule has 2 aromatic carbocycles. The molecule has 0 amide bonds. The largest absolute Gasteiger partial charge is 0.454 e. The number of nitrogens with zero attached hydrogens (tertiary/aromatic N) is 1. The quantitative estimate of drug-likeness (QED) is 0.618. The maximum atomic E-state index is 12.9. The molecular weight excluding hydrogens is 333 g/mol. The molecular formula is C21H20FNO3. The summed E-state index contributed by atoms with van der Waals surface area (Å²) in [7, 11) is 1.91. The molecule has 1 heterocycles. The Morgan fingerprint density at radius 3 is 2.42 bits per heavy atom. The number of fused-ring (bicyclic) bond motifs is 1. The lowest BCUT2D eigenvalue weighted by molar-refractivity contribution is -0.117. The maximum Gasteiger partial charge on any atom is 0.338 e. The van der Waals surface area contributed by atoms with Gasteiger partial charge >= 0.3 is 5.97 Å². The molecule has 0 spiro atoms. The summed E-state index contributed by atoms with van der Waals surface area (Å²) in [6.07, 6.45) is 1.53. The van der Waals surface area contributed by atoms with E-state index in [1.165, 1.54) is 30.3 Å². The van der Waals surface area contributed by atoms with Gasteiger partial charge in [-0.2, -0.15) is 0 Å². The molecule has 0 aliphatic carbocycles. The fourth-order valence-electron chi connectivity index (χ4n) is 3.26. The van der Waals surface area contributed by atoms with Crippen LogP contribution >= 0.6 is 0 Å². The molecule has 134 valence electrons. The maximum absolute atomic E-state index is 12.9. The fourth-order valence-corrected chi connectivity index (χ4v) is 3.26. The van der Waals surface area contributed by atoms with Crippen molar-refractivity contribution in [2.75, 3.05) is 18.6 Å². The first-order chi connectivity index (χ1) is 12.3. The minimum absolute atomic E-state index is 0.206. The Hall–Kier alpha value is -2.95. The summed E-state index contributed by atoms with van der Waals surface area (Å²) in [5.41, 5.74) is 2.94. The number of esters is 1. The van der Waals surface area contributed by atoms with Gasteiger partial charge in [0.15, 0.2) is 12.4 Å². The number of ketones is 1. The van der Waals surface area contributed by atoms with E-state index in [2.05, 4.69) is 13.8 Å². The lowest BCUT2D eigenvalue weighted by atomic mass is 9.83. The molecule has 3 rings (SSSR count). The average Bonchev–Trinajstić information content (AvgIpc) is 2.81. The van der Waals surface area contributed by atoms with Crippen LogP contribution in [0.5, 0.6) is 0 Å². The Bertz CT molecular complexity index is 884. The smallest absolute Gasteiger partial charge is 0.338 e. The second-order valence-corrected chi connectivity index (χ2v) is 6.78. The number of anilines is 1. The Morgan fingerprint density at radius 1 is 1.12 bits per heavy atom. The van der Waals surface area contributed by atoms with Crippen LogP contribution in [0.25, 0.3) is 0 Å². The molecule has 0 saturated heterocycles. The fraction of sp³-hybridized carbons (Fsp3) is 0.238. The van der Waals surface area contributed by atoms with Crippen LogP contribution in [0.3, 0.4) is 0 Å². The number of allylic oxidation sites excluding steroid dienone is 1. The van der Waals surface area contributed by atoms with Crippen LogP contribution in [0.1, 0.15) is 29.8 Å². The van der Waals surface area contributed by atoms with Gasteiger partial charge in [0, 0.05) is 29.9 Å². The zero-order valence-electron chi connectivity index (χ0n) is 15.0. The van der Waals surface area contributed by atoms with Crippen LogP contribution in [-0.2, 0) is 14.9 Å². The average molecular weight is 353 g/mol. The number of para-hydroxylation sites is 1. The Balaban J connectivity index is 1.71. The number of carbonyl (C=O) groups is 2. The van der Waals surface area contributed by atoms with E-state index in [1.54, 1.807) is 0 Å². The van der Waals surface area contributed by atoms with Crippen molar-refractivity contribution < 1.29 is 18.7 Å². The third kappa shape index (κ3) is 3.25. The number of halogens is 1. The van der Waals surface area contributed by atoms with Crippen LogP contribution in [0.2, 0.25) is 0 Å². The van der Waals surface area contributed by atoms with E-state index in [4.69, 9.17) is 4.74 Å². The zero-order valence-corrected chi connectivity index (χ0v) is 15.0. The van der Waals surface area contributed by atoms with Crippen molar-refractivity contribution in [3.8, 4) is 0 Å². The van der Waals surface area contributed by atoms with Gasteiger partial charge in [-0.1, -0.05) is 32.0 Å². The molecule has 4 nitrogen and oxygen atoms in total. The first-order valence-electron chi connectivity index (χ1n) is 8.31.